The summed E-state index contributed by atoms with van der Waals surface area (Å²) in [4.78, 5) is 16.9. The van der Waals surface area contributed by atoms with Gasteiger partial charge in [-0.2, -0.15) is 5.10 Å². The van der Waals surface area contributed by atoms with Crippen molar-refractivity contribution in [1.29, 1.82) is 0 Å². The zero-order chi connectivity index (χ0) is 18.1. The van der Waals surface area contributed by atoms with Gasteiger partial charge in [0.15, 0.2) is 11.7 Å². The molecule has 4 rings (SSSR count). The lowest BCUT2D eigenvalue weighted by atomic mass is 10.1. The minimum Gasteiger partial charge on any atom is -0.440 e. The average molecular weight is 351 g/mol. The number of carbonyl (C=O) groups excluding carboxylic acids is 1. The fourth-order valence-corrected chi connectivity index (χ4v) is 2.91. The monoisotopic (exact) mass is 351 g/mol. The van der Waals surface area contributed by atoms with Gasteiger partial charge in [-0.3, -0.25) is 9.48 Å². The number of aryl methyl sites for hydroxylation is 1. The highest BCUT2D eigenvalue weighted by Crippen LogP contribution is 2.40. The lowest BCUT2D eigenvalue weighted by Crippen LogP contribution is -2.30. The maximum absolute atomic E-state index is 12.6. The molecule has 2 aromatic heterocycles. The number of likely N-dealkylation sites (N-methyl/N-ethyl adjacent to an activating group) is 1. The van der Waals surface area contributed by atoms with Crippen molar-refractivity contribution in [2.24, 2.45) is 7.05 Å². The SMILES string of the molecule is CNC(C(=O)Nc1ccc(-c2cnc(C3CC3)o2)cc1)c1cnn(C)c1. The summed E-state index contributed by atoms with van der Waals surface area (Å²) in [5.74, 6) is 1.94. The van der Waals surface area contributed by atoms with Crippen LogP contribution < -0.4 is 10.6 Å². The van der Waals surface area contributed by atoms with Crippen LogP contribution in [0.5, 0.6) is 0 Å². The zero-order valence-electron chi connectivity index (χ0n) is 14.8. The van der Waals surface area contributed by atoms with Crippen LogP contribution in [0.15, 0.2) is 47.3 Å². The van der Waals surface area contributed by atoms with Crippen molar-refractivity contribution in [3.63, 3.8) is 0 Å². The molecule has 3 aromatic rings. The maximum atomic E-state index is 12.6. The Morgan fingerprint density at radius 1 is 1.27 bits per heavy atom. The molecule has 1 amide bonds. The topological polar surface area (TPSA) is 85.0 Å². The molecule has 26 heavy (non-hydrogen) atoms. The number of nitrogens with one attached hydrogen (secondary N) is 2. The third kappa shape index (κ3) is 3.39. The van der Waals surface area contributed by atoms with Crippen LogP contribution in [0, 0.1) is 0 Å². The van der Waals surface area contributed by atoms with Crippen LogP contribution in [0.2, 0.25) is 0 Å². The number of benzene rings is 1. The number of anilines is 1. The van der Waals surface area contributed by atoms with Crippen molar-refractivity contribution in [1.82, 2.24) is 20.1 Å². The van der Waals surface area contributed by atoms with Gasteiger partial charge < -0.3 is 15.1 Å². The first-order valence-electron chi connectivity index (χ1n) is 8.67. The second-order valence-electron chi connectivity index (χ2n) is 6.57. The van der Waals surface area contributed by atoms with Crippen LogP contribution >= 0.6 is 0 Å². The molecule has 7 nitrogen and oxygen atoms in total. The smallest absolute Gasteiger partial charge is 0.246 e. The van der Waals surface area contributed by atoms with E-state index in [1.54, 1.807) is 24.1 Å². The quantitative estimate of drug-likeness (QED) is 0.713. The largest absolute Gasteiger partial charge is 0.440 e. The van der Waals surface area contributed by atoms with Gasteiger partial charge in [-0.1, -0.05) is 0 Å². The average Bonchev–Trinajstić information content (AvgIpc) is 3.22. The van der Waals surface area contributed by atoms with Gasteiger partial charge in [0, 0.05) is 36.0 Å². The summed E-state index contributed by atoms with van der Waals surface area (Å²) in [7, 11) is 3.58. The fraction of sp³-hybridized carbons (Fsp3) is 0.316. The highest BCUT2D eigenvalue weighted by molar-refractivity contribution is 5.95. The predicted octanol–water partition coefficient (Wildman–Crippen LogP) is 2.85. The number of oxazole rings is 1. The van der Waals surface area contributed by atoms with Gasteiger partial charge in [-0.05, 0) is 44.2 Å². The van der Waals surface area contributed by atoms with Crippen LogP contribution in [-0.4, -0.2) is 27.7 Å². The number of hydrogen-bond donors (Lipinski definition) is 2. The summed E-state index contributed by atoms with van der Waals surface area (Å²) in [6.45, 7) is 0. The lowest BCUT2D eigenvalue weighted by molar-refractivity contribution is -0.118. The standard InChI is InChI=1S/C19H21N5O2/c1-20-17(14-9-22-24(2)11-14)18(25)23-15-7-5-12(6-8-15)16-10-21-19(26-16)13-3-4-13/h5-11,13,17,20H,3-4H2,1-2H3,(H,23,25). The molecule has 7 heteroatoms. The molecular weight excluding hydrogens is 330 g/mol. The summed E-state index contributed by atoms with van der Waals surface area (Å²) < 4.78 is 7.49. The van der Waals surface area contributed by atoms with Crippen LogP contribution in [-0.2, 0) is 11.8 Å². The van der Waals surface area contributed by atoms with E-state index in [-0.39, 0.29) is 5.91 Å². The maximum Gasteiger partial charge on any atom is 0.246 e. The highest BCUT2D eigenvalue weighted by atomic mass is 16.4. The molecule has 2 heterocycles. The predicted molar refractivity (Wildman–Crippen MR) is 97.6 cm³/mol. The molecule has 0 saturated heterocycles. The van der Waals surface area contributed by atoms with Gasteiger partial charge >= 0.3 is 0 Å². The molecule has 1 aliphatic rings. The first kappa shape index (κ1) is 16.5. The first-order valence-corrected chi connectivity index (χ1v) is 8.67. The summed E-state index contributed by atoms with van der Waals surface area (Å²) in [5.41, 5.74) is 2.49. The molecule has 134 valence electrons. The van der Waals surface area contributed by atoms with E-state index in [2.05, 4.69) is 20.7 Å². The van der Waals surface area contributed by atoms with Gasteiger partial charge in [0.2, 0.25) is 5.91 Å². The van der Waals surface area contributed by atoms with E-state index in [0.717, 1.165) is 41.3 Å². The fourth-order valence-electron chi connectivity index (χ4n) is 2.91. The molecule has 0 spiro atoms. The van der Waals surface area contributed by atoms with E-state index < -0.39 is 6.04 Å². The third-order valence-electron chi connectivity index (χ3n) is 4.50. The van der Waals surface area contributed by atoms with Gasteiger partial charge in [-0.15, -0.1) is 0 Å². The summed E-state index contributed by atoms with van der Waals surface area (Å²) in [5, 5.41) is 10.1. The molecule has 2 N–H and O–H groups in total. The highest BCUT2D eigenvalue weighted by Gasteiger charge is 2.28. The Labute approximate surface area is 151 Å². The molecule has 1 saturated carbocycles. The molecule has 1 unspecified atom stereocenters. The van der Waals surface area contributed by atoms with Crippen molar-refractivity contribution in [2.45, 2.75) is 24.8 Å². The van der Waals surface area contributed by atoms with Gasteiger partial charge in [0.1, 0.15) is 6.04 Å². The molecule has 0 radical (unpaired) electrons. The molecule has 1 aliphatic carbocycles. The van der Waals surface area contributed by atoms with Gasteiger partial charge in [0.05, 0.1) is 12.4 Å². The van der Waals surface area contributed by atoms with Crippen molar-refractivity contribution >= 4 is 11.6 Å². The van der Waals surface area contributed by atoms with E-state index in [1.807, 2.05) is 37.5 Å². The van der Waals surface area contributed by atoms with Crippen molar-refractivity contribution < 1.29 is 9.21 Å². The Bertz CT molecular complexity index is 908. The normalized spacial score (nSPS) is 15.0. The number of aromatic nitrogens is 3. The van der Waals surface area contributed by atoms with Crippen LogP contribution in [0.4, 0.5) is 5.69 Å². The van der Waals surface area contributed by atoms with Crippen molar-refractivity contribution in [3.05, 3.63) is 54.3 Å². The number of hydrogen-bond acceptors (Lipinski definition) is 5. The molecule has 1 aromatic carbocycles. The number of nitrogens with zero attached hydrogens (tertiary/aromatic N) is 3. The molecule has 1 fully saturated rings. The zero-order valence-corrected chi connectivity index (χ0v) is 14.8. The number of amides is 1. The Kier molecular flexibility index (Phi) is 4.30. The minimum atomic E-state index is -0.459. The number of carbonyl (C=O) groups is 1. The Hall–Kier alpha value is -2.93. The van der Waals surface area contributed by atoms with E-state index in [9.17, 15) is 4.79 Å². The van der Waals surface area contributed by atoms with Crippen molar-refractivity contribution in [2.75, 3.05) is 12.4 Å². The second kappa shape index (κ2) is 6.76. The molecule has 1 atom stereocenters. The summed E-state index contributed by atoms with van der Waals surface area (Å²) >= 11 is 0. The summed E-state index contributed by atoms with van der Waals surface area (Å²) in [6.07, 6.45) is 7.60. The lowest BCUT2D eigenvalue weighted by Gasteiger charge is -2.14. The summed E-state index contributed by atoms with van der Waals surface area (Å²) in [6, 6.07) is 7.11. The van der Waals surface area contributed by atoms with Crippen LogP contribution in [0.25, 0.3) is 11.3 Å². The van der Waals surface area contributed by atoms with Gasteiger partial charge in [-0.25, -0.2) is 4.98 Å². The first-order chi connectivity index (χ1) is 12.6. The molecular formula is C19H21N5O2. The van der Waals surface area contributed by atoms with Crippen molar-refractivity contribution in [3.8, 4) is 11.3 Å². The van der Waals surface area contributed by atoms with E-state index in [4.69, 9.17) is 4.42 Å². The minimum absolute atomic E-state index is 0.135. The van der Waals surface area contributed by atoms with E-state index >= 15 is 0 Å². The van der Waals surface area contributed by atoms with E-state index in [0.29, 0.717) is 5.92 Å². The molecule has 0 bridgehead atoms. The second-order valence-corrected chi connectivity index (χ2v) is 6.57. The van der Waals surface area contributed by atoms with Gasteiger partial charge in [0.25, 0.3) is 0 Å². The van der Waals surface area contributed by atoms with E-state index in [1.165, 1.54) is 0 Å². The molecule has 0 aliphatic heterocycles. The Balaban J connectivity index is 1.45. The third-order valence-corrected chi connectivity index (χ3v) is 4.50. The Morgan fingerprint density at radius 3 is 2.65 bits per heavy atom. The van der Waals surface area contributed by atoms with Crippen LogP contribution in [0.1, 0.15) is 36.3 Å². The Morgan fingerprint density at radius 2 is 2.04 bits per heavy atom. The number of rotatable bonds is 6. The van der Waals surface area contributed by atoms with Crippen LogP contribution in [0.3, 0.4) is 0 Å².